The maximum atomic E-state index is 12.2. The van der Waals surface area contributed by atoms with Gasteiger partial charge < -0.3 is 5.32 Å². The summed E-state index contributed by atoms with van der Waals surface area (Å²) < 4.78 is 0. The standard InChI is InChI=1S/C22H25N3OS/c1-2-3-4-11-16-23-21(26)25-22-24-19(17-12-7-5-8-13-17)20(27-22)18-14-9-6-10-15-18/h5-10,12-15H,2-4,11,16H2,1H3,(H2,23,24,25,26). The summed E-state index contributed by atoms with van der Waals surface area (Å²) in [6.07, 6.45) is 4.54. The van der Waals surface area contributed by atoms with Crippen LogP contribution in [0.1, 0.15) is 32.6 Å². The first kappa shape index (κ1) is 19.1. The molecule has 0 saturated heterocycles. The molecule has 2 N–H and O–H groups in total. The van der Waals surface area contributed by atoms with E-state index in [1.54, 1.807) is 0 Å². The van der Waals surface area contributed by atoms with Crippen LogP contribution in [0.4, 0.5) is 9.93 Å². The monoisotopic (exact) mass is 379 g/mol. The topological polar surface area (TPSA) is 54.0 Å². The average molecular weight is 380 g/mol. The van der Waals surface area contributed by atoms with Crippen LogP contribution >= 0.6 is 11.3 Å². The van der Waals surface area contributed by atoms with Crippen molar-refractivity contribution in [1.82, 2.24) is 10.3 Å². The fourth-order valence-electron chi connectivity index (χ4n) is 2.85. The molecule has 0 saturated carbocycles. The van der Waals surface area contributed by atoms with Crippen LogP contribution in [0.5, 0.6) is 0 Å². The van der Waals surface area contributed by atoms with E-state index in [4.69, 9.17) is 4.98 Å². The van der Waals surface area contributed by atoms with Crippen LogP contribution in [0.25, 0.3) is 21.7 Å². The van der Waals surface area contributed by atoms with Gasteiger partial charge in [-0.25, -0.2) is 9.78 Å². The van der Waals surface area contributed by atoms with Gasteiger partial charge in [0.25, 0.3) is 0 Å². The van der Waals surface area contributed by atoms with E-state index in [1.165, 1.54) is 24.2 Å². The SMILES string of the molecule is CCCCCCNC(=O)Nc1nc(-c2ccccc2)c(-c2ccccc2)s1. The first-order valence-corrected chi connectivity index (χ1v) is 10.3. The molecule has 1 aromatic heterocycles. The Balaban J connectivity index is 1.75. The molecule has 140 valence electrons. The molecule has 0 spiro atoms. The summed E-state index contributed by atoms with van der Waals surface area (Å²) in [5.74, 6) is 0. The zero-order valence-electron chi connectivity index (χ0n) is 15.6. The van der Waals surface area contributed by atoms with Crippen molar-refractivity contribution >= 4 is 22.5 Å². The molecule has 5 heteroatoms. The van der Waals surface area contributed by atoms with Crippen molar-refractivity contribution in [1.29, 1.82) is 0 Å². The molecule has 0 unspecified atom stereocenters. The largest absolute Gasteiger partial charge is 0.338 e. The maximum Gasteiger partial charge on any atom is 0.321 e. The third-order valence-corrected chi connectivity index (χ3v) is 5.27. The highest BCUT2D eigenvalue weighted by Gasteiger charge is 2.16. The van der Waals surface area contributed by atoms with Crippen LogP contribution in [0, 0.1) is 0 Å². The van der Waals surface area contributed by atoms with Gasteiger partial charge in [0.1, 0.15) is 0 Å². The maximum absolute atomic E-state index is 12.2. The predicted molar refractivity (Wildman–Crippen MR) is 114 cm³/mol. The molecule has 27 heavy (non-hydrogen) atoms. The molecule has 0 aliphatic carbocycles. The van der Waals surface area contributed by atoms with E-state index < -0.39 is 0 Å². The summed E-state index contributed by atoms with van der Waals surface area (Å²) in [5.41, 5.74) is 3.03. The van der Waals surface area contributed by atoms with Gasteiger partial charge in [-0.1, -0.05) is 98.2 Å². The number of benzene rings is 2. The van der Waals surface area contributed by atoms with Gasteiger partial charge in [-0.3, -0.25) is 5.32 Å². The highest BCUT2D eigenvalue weighted by Crippen LogP contribution is 2.38. The number of carbonyl (C=O) groups excluding carboxylic acids is 1. The van der Waals surface area contributed by atoms with E-state index in [-0.39, 0.29) is 6.03 Å². The fraction of sp³-hybridized carbons (Fsp3) is 0.273. The molecule has 3 rings (SSSR count). The van der Waals surface area contributed by atoms with Crippen LogP contribution in [0.15, 0.2) is 60.7 Å². The number of thiazole rings is 1. The van der Waals surface area contributed by atoms with Crippen molar-refractivity contribution in [2.75, 3.05) is 11.9 Å². The Hall–Kier alpha value is -2.66. The highest BCUT2D eigenvalue weighted by atomic mass is 32.1. The third-order valence-electron chi connectivity index (χ3n) is 4.25. The molecule has 0 aliphatic heterocycles. The van der Waals surface area contributed by atoms with Gasteiger partial charge in [0.2, 0.25) is 0 Å². The lowest BCUT2D eigenvalue weighted by Crippen LogP contribution is -2.29. The second-order valence-corrected chi connectivity index (χ2v) is 7.37. The van der Waals surface area contributed by atoms with Gasteiger partial charge >= 0.3 is 6.03 Å². The minimum absolute atomic E-state index is 0.195. The van der Waals surface area contributed by atoms with E-state index in [0.29, 0.717) is 11.7 Å². The molecule has 3 aromatic rings. The number of unbranched alkanes of at least 4 members (excludes halogenated alkanes) is 3. The second-order valence-electron chi connectivity index (χ2n) is 6.37. The molecule has 1 heterocycles. The van der Waals surface area contributed by atoms with Crippen molar-refractivity contribution in [3.63, 3.8) is 0 Å². The molecule has 0 radical (unpaired) electrons. The lowest BCUT2D eigenvalue weighted by molar-refractivity contribution is 0.252. The summed E-state index contributed by atoms with van der Waals surface area (Å²) >= 11 is 1.50. The minimum atomic E-state index is -0.195. The Morgan fingerprint density at radius 1 is 0.926 bits per heavy atom. The smallest absolute Gasteiger partial charge is 0.321 e. The van der Waals surface area contributed by atoms with Crippen molar-refractivity contribution in [3.8, 4) is 21.7 Å². The molecule has 0 fully saturated rings. The number of nitrogens with one attached hydrogen (secondary N) is 2. The third kappa shape index (κ3) is 5.41. The van der Waals surface area contributed by atoms with Crippen molar-refractivity contribution in [3.05, 3.63) is 60.7 Å². The molecule has 0 atom stereocenters. The number of aromatic nitrogens is 1. The van der Waals surface area contributed by atoms with E-state index in [9.17, 15) is 4.79 Å². The highest BCUT2D eigenvalue weighted by molar-refractivity contribution is 7.19. The summed E-state index contributed by atoms with van der Waals surface area (Å²) in [7, 11) is 0. The lowest BCUT2D eigenvalue weighted by atomic mass is 10.1. The molecule has 2 amide bonds. The van der Waals surface area contributed by atoms with Crippen LogP contribution < -0.4 is 10.6 Å². The van der Waals surface area contributed by atoms with E-state index in [2.05, 4.69) is 29.7 Å². The minimum Gasteiger partial charge on any atom is -0.338 e. The quantitative estimate of drug-likeness (QED) is 0.459. The van der Waals surface area contributed by atoms with E-state index >= 15 is 0 Å². The average Bonchev–Trinajstić information content (AvgIpc) is 3.13. The zero-order chi connectivity index (χ0) is 18.9. The Bertz CT molecular complexity index is 790. The molecule has 2 aromatic carbocycles. The first-order valence-electron chi connectivity index (χ1n) is 9.44. The van der Waals surface area contributed by atoms with Crippen molar-refractivity contribution in [2.24, 2.45) is 0 Å². The normalized spacial score (nSPS) is 10.6. The second kappa shape index (κ2) is 9.88. The van der Waals surface area contributed by atoms with Gasteiger partial charge in [0.05, 0.1) is 10.6 Å². The number of hydrogen-bond donors (Lipinski definition) is 2. The number of carbonyl (C=O) groups is 1. The van der Waals surface area contributed by atoms with Crippen LogP contribution in [0.3, 0.4) is 0 Å². The Morgan fingerprint density at radius 3 is 2.26 bits per heavy atom. The summed E-state index contributed by atoms with van der Waals surface area (Å²) in [4.78, 5) is 17.9. The number of hydrogen-bond acceptors (Lipinski definition) is 3. The van der Waals surface area contributed by atoms with Crippen molar-refractivity contribution < 1.29 is 4.79 Å². The number of nitrogens with zero attached hydrogens (tertiary/aromatic N) is 1. The molecule has 0 aliphatic rings. The lowest BCUT2D eigenvalue weighted by Gasteiger charge is -2.04. The van der Waals surface area contributed by atoms with E-state index in [1.807, 2.05) is 48.5 Å². The van der Waals surface area contributed by atoms with Crippen LogP contribution in [0.2, 0.25) is 0 Å². The Labute approximate surface area is 164 Å². The Kier molecular flexibility index (Phi) is 6.99. The summed E-state index contributed by atoms with van der Waals surface area (Å²) in [6, 6.07) is 20.0. The van der Waals surface area contributed by atoms with E-state index in [0.717, 1.165) is 34.5 Å². The molecular formula is C22H25N3OS. The number of urea groups is 1. The summed E-state index contributed by atoms with van der Waals surface area (Å²) in [5, 5.41) is 6.42. The van der Waals surface area contributed by atoms with Crippen molar-refractivity contribution in [2.45, 2.75) is 32.6 Å². The van der Waals surface area contributed by atoms with Gasteiger partial charge in [-0.15, -0.1) is 0 Å². The number of anilines is 1. The molecule has 0 bridgehead atoms. The molecular weight excluding hydrogens is 354 g/mol. The van der Waals surface area contributed by atoms with Crippen LogP contribution in [-0.4, -0.2) is 17.6 Å². The summed E-state index contributed by atoms with van der Waals surface area (Å²) in [6.45, 7) is 2.87. The van der Waals surface area contributed by atoms with Gasteiger partial charge in [-0.2, -0.15) is 0 Å². The predicted octanol–water partition coefficient (Wildman–Crippen LogP) is 6.18. The zero-order valence-corrected chi connectivity index (χ0v) is 16.4. The first-order chi connectivity index (χ1) is 13.3. The van der Waals surface area contributed by atoms with Gasteiger partial charge in [0, 0.05) is 12.1 Å². The Morgan fingerprint density at radius 2 is 1.59 bits per heavy atom. The van der Waals surface area contributed by atoms with Gasteiger partial charge in [-0.05, 0) is 12.0 Å². The van der Waals surface area contributed by atoms with Crippen LogP contribution in [-0.2, 0) is 0 Å². The van der Waals surface area contributed by atoms with Gasteiger partial charge in [0.15, 0.2) is 5.13 Å². The molecule has 4 nitrogen and oxygen atoms in total. The number of amides is 2. The number of rotatable bonds is 8. The fourth-order valence-corrected chi connectivity index (χ4v) is 3.83.